The van der Waals surface area contributed by atoms with E-state index in [0.717, 1.165) is 6.42 Å². The van der Waals surface area contributed by atoms with E-state index in [1.165, 1.54) is 7.11 Å². The van der Waals surface area contributed by atoms with Crippen molar-refractivity contribution in [2.75, 3.05) is 7.11 Å². The Bertz CT molecular complexity index is 88.4. The molecular formula is C5H7O2Y-. The van der Waals surface area contributed by atoms with Crippen molar-refractivity contribution in [2.24, 2.45) is 5.92 Å². The monoisotopic (exact) mass is 188 g/mol. The van der Waals surface area contributed by atoms with Crippen molar-refractivity contribution >= 4 is 5.97 Å². The molecule has 1 aliphatic rings. The van der Waals surface area contributed by atoms with Crippen LogP contribution in [0.15, 0.2) is 0 Å². The molecule has 0 spiro atoms. The van der Waals surface area contributed by atoms with Crippen LogP contribution in [-0.2, 0) is 42.2 Å². The van der Waals surface area contributed by atoms with Gasteiger partial charge in [-0.1, -0.05) is 5.92 Å². The maximum atomic E-state index is 10.3. The molecule has 0 aromatic carbocycles. The molecule has 0 heterocycles. The third kappa shape index (κ3) is 2.23. The van der Waals surface area contributed by atoms with Gasteiger partial charge < -0.3 is 11.2 Å². The van der Waals surface area contributed by atoms with E-state index in [0.29, 0.717) is 0 Å². The van der Waals surface area contributed by atoms with Crippen LogP contribution in [0, 0.1) is 12.3 Å². The summed E-state index contributed by atoms with van der Waals surface area (Å²) < 4.78 is 4.40. The summed E-state index contributed by atoms with van der Waals surface area (Å²) in [5, 5.41) is 0. The second-order valence-electron chi connectivity index (χ2n) is 1.60. The van der Waals surface area contributed by atoms with Crippen molar-refractivity contribution in [3.8, 4) is 0 Å². The Morgan fingerprint density at radius 3 is 2.50 bits per heavy atom. The van der Waals surface area contributed by atoms with Crippen LogP contribution < -0.4 is 0 Å². The zero-order valence-electron chi connectivity index (χ0n) is 4.76. The molecule has 0 N–H and O–H groups in total. The number of carbonyl (C=O) groups is 1. The first kappa shape index (κ1) is 8.57. The first-order valence-electron chi connectivity index (χ1n) is 2.26. The molecule has 0 aromatic heterocycles. The fourth-order valence-electron chi connectivity index (χ4n) is 0.412. The predicted octanol–water partition coefficient (Wildman–Crippen LogP) is 0.381. The largest absolute Gasteiger partial charge is 0.471 e. The zero-order chi connectivity index (χ0) is 5.28. The van der Waals surface area contributed by atoms with Gasteiger partial charge in [0.1, 0.15) is 0 Å². The van der Waals surface area contributed by atoms with E-state index in [9.17, 15) is 4.79 Å². The Hall–Kier alpha value is 0.574. The molecule has 0 aromatic rings. The van der Waals surface area contributed by atoms with Gasteiger partial charge in [-0.05, 0) is 0 Å². The molecule has 1 fully saturated rings. The molecule has 1 radical (unpaired) electrons. The van der Waals surface area contributed by atoms with Crippen molar-refractivity contribution in [1.82, 2.24) is 0 Å². The number of ether oxygens (including phenoxy) is 1. The average molecular weight is 188 g/mol. The molecule has 3 heteroatoms. The smallest absolute Gasteiger partial charge is 0.275 e. The van der Waals surface area contributed by atoms with Crippen LogP contribution in [0.25, 0.3) is 0 Å². The minimum atomic E-state index is -0.0972. The second kappa shape index (κ2) is 3.57. The van der Waals surface area contributed by atoms with E-state index < -0.39 is 0 Å². The Balaban J connectivity index is 0.000000490. The Labute approximate surface area is 73.9 Å². The van der Waals surface area contributed by atoms with E-state index in [4.69, 9.17) is 0 Å². The van der Waals surface area contributed by atoms with Crippen molar-refractivity contribution in [3.05, 3.63) is 6.42 Å². The van der Waals surface area contributed by atoms with E-state index in [-0.39, 0.29) is 44.6 Å². The van der Waals surface area contributed by atoms with Crippen LogP contribution in [0.5, 0.6) is 0 Å². The summed E-state index contributed by atoms with van der Waals surface area (Å²) in [5.41, 5.74) is 0. The Morgan fingerprint density at radius 2 is 2.38 bits per heavy atom. The third-order valence-corrected chi connectivity index (χ3v) is 0.975. The minimum absolute atomic E-state index is 0. The van der Waals surface area contributed by atoms with E-state index in [1.807, 2.05) is 6.42 Å². The van der Waals surface area contributed by atoms with Gasteiger partial charge in [0.25, 0.3) is 5.97 Å². The van der Waals surface area contributed by atoms with Crippen LogP contribution in [0.2, 0.25) is 0 Å². The molecule has 0 unspecified atom stereocenters. The maximum absolute atomic E-state index is 10.3. The molecule has 43 valence electrons. The number of rotatable bonds is 1. The van der Waals surface area contributed by atoms with Crippen molar-refractivity contribution in [3.63, 3.8) is 0 Å². The summed E-state index contributed by atoms with van der Waals surface area (Å²) in [5.74, 6) is 0.0324. The molecule has 0 aliphatic heterocycles. The van der Waals surface area contributed by atoms with Gasteiger partial charge in [-0.2, -0.15) is 6.42 Å². The zero-order valence-corrected chi connectivity index (χ0v) is 7.59. The van der Waals surface area contributed by atoms with Gasteiger partial charge in [0.15, 0.2) is 0 Å². The van der Waals surface area contributed by atoms with Crippen LogP contribution in [0.1, 0.15) is 6.42 Å². The average Bonchev–Trinajstić information content (AvgIpc) is 2.44. The predicted molar refractivity (Wildman–Crippen MR) is 24.4 cm³/mol. The van der Waals surface area contributed by atoms with Crippen molar-refractivity contribution in [1.29, 1.82) is 0 Å². The minimum Gasteiger partial charge on any atom is -0.471 e. The molecule has 1 aliphatic carbocycles. The number of esters is 1. The molecule has 0 bridgehead atoms. The summed E-state index contributed by atoms with van der Waals surface area (Å²) in [7, 11) is 1.41. The standard InChI is InChI=1S/C5H7O2.Y/c1-7-5(6)4-2-3-4;/h2,4H,3H2,1H3;/q-1;/t4-;/m1./s1. The summed E-state index contributed by atoms with van der Waals surface area (Å²) in [6.07, 6.45) is 2.83. The molecule has 1 saturated carbocycles. The topological polar surface area (TPSA) is 26.3 Å². The van der Waals surface area contributed by atoms with Gasteiger partial charge in [0.2, 0.25) is 0 Å². The molecule has 2 nitrogen and oxygen atoms in total. The molecule has 1 rings (SSSR count). The number of methoxy groups -OCH3 is 1. The summed E-state index contributed by atoms with van der Waals surface area (Å²) in [4.78, 5) is 10.3. The number of hydrogen-bond donors (Lipinski definition) is 0. The Kier molecular flexibility index (Phi) is 3.83. The quantitative estimate of drug-likeness (QED) is 0.439. The second-order valence-corrected chi connectivity index (χ2v) is 1.60. The summed E-state index contributed by atoms with van der Waals surface area (Å²) in [6.45, 7) is 0. The number of hydrogen-bond acceptors (Lipinski definition) is 2. The van der Waals surface area contributed by atoms with E-state index in [2.05, 4.69) is 4.74 Å². The maximum Gasteiger partial charge on any atom is 0.275 e. The van der Waals surface area contributed by atoms with Crippen molar-refractivity contribution in [2.45, 2.75) is 6.42 Å². The van der Waals surface area contributed by atoms with Gasteiger partial charge in [-0.3, -0.25) is 4.79 Å². The molecule has 0 saturated heterocycles. The van der Waals surface area contributed by atoms with Gasteiger partial charge in [0, 0.05) is 32.7 Å². The first-order valence-corrected chi connectivity index (χ1v) is 2.26. The van der Waals surface area contributed by atoms with Gasteiger partial charge in [-0.25, -0.2) is 0 Å². The van der Waals surface area contributed by atoms with Crippen molar-refractivity contribution < 1.29 is 42.2 Å². The fraction of sp³-hybridized carbons (Fsp3) is 0.600. The van der Waals surface area contributed by atoms with Crippen LogP contribution >= 0.6 is 0 Å². The van der Waals surface area contributed by atoms with E-state index >= 15 is 0 Å². The normalized spacial score (nSPS) is 23.4. The molecule has 0 amide bonds. The SMILES string of the molecule is COC(=O)[C@@H]1[CH-]C1.[Y]. The van der Waals surface area contributed by atoms with Crippen LogP contribution in [0.3, 0.4) is 0 Å². The fourth-order valence-corrected chi connectivity index (χ4v) is 0.412. The molecule has 1 atom stereocenters. The van der Waals surface area contributed by atoms with Crippen LogP contribution in [0.4, 0.5) is 0 Å². The Morgan fingerprint density at radius 1 is 1.88 bits per heavy atom. The first-order chi connectivity index (χ1) is 3.34. The van der Waals surface area contributed by atoms with Crippen LogP contribution in [-0.4, -0.2) is 13.1 Å². The van der Waals surface area contributed by atoms with Gasteiger partial charge in [-0.15, -0.1) is 0 Å². The summed E-state index contributed by atoms with van der Waals surface area (Å²) in [6, 6.07) is 0. The number of carbonyl (C=O) groups excluding carboxylic acids is 1. The summed E-state index contributed by atoms with van der Waals surface area (Å²) >= 11 is 0. The molecular weight excluding hydrogens is 181 g/mol. The van der Waals surface area contributed by atoms with Gasteiger partial charge >= 0.3 is 0 Å². The van der Waals surface area contributed by atoms with Gasteiger partial charge in [0.05, 0.1) is 7.11 Å². The molecule has 8 heavy (non-hydrogen) atoms. The third-order valence-electron chi connectivity index (χ3n) is 0.975. The van der Waals surface area contributed by atoms with E-state index in [1.54, 1.807) is 0 Å².